The van der Waals surface area contributed by atoms with Crippen molar-refractivity contribution in [2.45, 2.75) is 17.1 Å². The Kier molecular flexibility index (Phi) is 8.13. The van der Waals surface area contributed by atoms with Crippen LogP contribution in [0.15, 0.2) is 108 Å². The summed E-state index contributed by atoms with van der Waals surface area (Å²) in [6.45, 7) is 2.03. The number of hydrogen-bond acceptors (Lipinski definition) is 3. The van der Waals surface area contributed by atoms with Crippen LogP contribution in [0.2, 0.25) is 0 Å². The second-order valence-corrected chi connectivity index (χ2v) is 9.44. The molecule has 1 unspecified atom stereocenters. The number of thiocarbonyl (C=S) groups is 1. The molecule has 0 aliphatic rings. The van der Waals surface area contributed by atoms with Gasteiger partial charge in [-0.1, -0.05) is 66.2 Å². The monoisotopic (exact) mass is 501 g/mol. The lowest BCUT2D eigenvalue weighted by atomic mass is 10.1. The van der Waals surface area contributed by atoms with Gasteiger partial charge in [0.15, 0.2) is 5.11 Å². The van der Waals surface area contributed by atoms with Gasteiger partial charge in [-0.25, -0.2) is 4.39 Å². The maximum Gasteiger partial charge on any atom is 0.242 e. The minimum Gasteiger partial charge on any atom is -0.332 e. The van der Waals surface area contributed by atoms with Crippen LogP contribution in [-0.4, -0.2) is 11.0 Å². The Hall–Kier alpha value is -3.68. The van der Waals surface area contributed by atoms with Crippen LogP contribution in [0.4, 0.5) is 21.5 Å². The van der Waals surface area contributed by atoms with Crippen molar-refractivity contribution in [2.24, 2.45) is 0 Å². The summed E-state index contributed by atoms with van der Waals surface area (Å²) in [6, 6.07) is 31.2. The van der Waals surface area contributed by atoms with Crippen LogP contribution in [-0.2, 0) is 4.79 Å². The van der Waals surface area contributed by atoms with Crippen LogP contribution in [0, 0.1) is 12.7 Å². The molecule has 4 rings (SSSR count). The summed E-state index contributed by atoms with van der Waals surface area (Å²) in [4.78, 5) is 14.1. The predicted molar refractivity (Wildman–Crippen MR) is 148 cm³/mol. The van der Waals surface area contributed by atoms with Gasteiger partial charge in [0.1, 0.15) is 11.1 Å². The number of aryl methyl sites for hydroxylation is 1. The number of rotatable bonds is 7. The normalized spacial score (nSPS) is 11.4. The van der Waals surface area contributed by atoms with E-state index in [2.05, 4.69) is 16.0 Å². The van der Waals surface area contributed by atoms with E-state index in [-0.39, 0.29) is 11.6 Å². The molecular formula is C28H24FN3OS2. The molecule has 35 heavy (non-hydrogen) atoms. The van der Waals surface area contributed by atoms with Gasteiger partial charge >= 0.3 is 0 Å². The van der Waals surface area contributed by atoms with Crippen LogP contribution in [0.25, 0.3) is 0 Å². The van der Waals surface area contributed by atoms with E-state index in [4.69, 9.17) is 12.2 Å². The van der Waals surface area contributed by atoms with Gasteiger partial charge in [-0.15, -0.1) is 11.8 Å². The number of halogens is 1. The third-order valence-electron chi connectivity index (χ3n) is 5.13. The molecule has 0 aliphatic carbocycles. The summed E-state index contributed by atoms with van der Waals surface area (Å²) < 4.78 is 14.1. The second-order valence-electron chi connectivity index (χ2n) is 7.85. The lowest BCUT2D eigenvalue weighted by Crippen LogP contribution is -2.20. The number of nitrogens with one attached hydrogen (secondary N) is 3. The summed E-state index contributed by atoms with van der Waals surface area (Å²) in [7, 11) is 0. The molecule has 7 heteroatoms. The van der Waals surface area contributed by atoms with Crippen LogP contribution >= 0.6 is 24.0 Å². The smallest absolute Gasteiger partial charge is 0.242 e. The first-order chi connectivity index (χ1) is 17.0. The molecule has 4 nitrogen and oxygen atoms in total. The van der Waals surface area contributed by atoms with Crippen LogP contribution in [0.1, 0.15) is 16.4 Å². The highest BCUT2D eigenvalue weighted by atomic mass is 32.2. The van der Waals surface area contributed by atoms with Crippen molar-refractivity contribution in [3.8, 4) is 0 Å². The van der Waals surface area contributed by atoms with E-state index >= 15 is 0 Å². The van der Waals surface area contributed by atoms with Crippen molar-refractivity contribution < 1.29 is 9.18 Å². The minimum atomic E-state index is -0.580. The standard InChI is InChI=1S/C28H24FN3OS2/c1-19-14-16-21(17-15-19)30-28(34)31-22-10-7-11-23(18-22)35-26(20-8-3-2-4-9-20)27(33)32-25-13-6-5-12-24(25)29/h2-18,26H,1H3,(H,32,33)(H2,30,31,34). The molecule has 0 aliphatic heterocycles. The number of para-hydroxylation sites is 1. The zero-order valence-electron chi connectivity index (χ0n) is 19.0. The molecule has 0 fully saturated rings. The van der Waals surface area contributed by atoms with Gasteiger partial charge in [-0.2, -0.15) is 0 Å². The molecule has 0 saturated heterocycles. The first-order valence-electron chi connectivity index (χ1n) is 11.0. The van der Waals surface area contributed by atoms with Gasteiger partial charge in [0.2, 0.25) is 5.91 Å². The molecule has 4 aromatic carbocycles. The Balaban J connectivity index is 1.49. The van der Waals surface area contributed by atoms with Gasteiger partial charge in [0.05, 0.1) is 5.69 Å². The van der Waals surface area contributed by atoms with Gasteiger partial charge in [-0.05, 0) is 67.2 Å². The molecule has 0 aromatic heterocycles. The SMILES string of the molecule is Cc1ccc(NC(=S)Nc2cccc(SC(C(=O)Nc3ccccc3F)c3ccccc3)c2)cc1. The highest BCUT2D eigenvalue weighted by Gasteiger charge is 2.23. The van der Waals surface area contributed by atoms with E-state index in [1.807, 2.05) is 85.8 Å². The van der Waals surface area contributed by atoms with Crippen molar-refractivity contribution in [2.75, 3.05) is 16.0 Å². The van der Waals surface area contributed by atoms with E-state index in [0.29, 0.717) is 5.11 Å². The van der Waals surface area contributed by atoms with E-state index in [9.17, 15) is 9.18 Å². The van der Waals surface area contributed by atoms with Gasteiger partial charge in [0.25, 0.3) is 0 Å². The molecule has 0 spiro atoms. The molecule has 0 saturated carbocycles. The molecule has 1 atom stereocenters. The number of carbonyl (C=O) groups is 1. The van der Waals surface area contributed by atoms with Crippen molar-refractivity contribution in [1.82, 2.24) is 0 Å². The maximum atomic E-state index is 14.1. The zero-order chi connectivity index (χ0) is 24.6. The molecule has 176 valence electrons. The Morgan fingerprint density at radius 3 is 2.23 bits per heavy atom. The van der Waals surface area contributed by atoms with Crippen LogP contribution in [0.5, 0.6) is 0 Å². The molecule has 3 N–H and O–H groups in total. The van der Waals surface area contributed by atoms with Crippen molar-refractivity contribution in [3.05, 3.63) is 120 Å². The Morgan fingerprint density at radius 2 is 1.49 bits per heavy atom. The lowest BCUT2D eigenvalue weighted by Gasteiger charge is -2.18. The maximum absolute atomic E-state index is 14.1. The highest BCUT2D eigenvalue weighted by Crippen LogP contribution is 2.37. The van der Waals surface area contributed by atoms with Crippen molar-refractivity contribution in [3.63, 3.8) is 0 Å². The summed E-state index contributed by atoms with van der Waals surface area (Å²) in [5.74, 6) is -0.778. The summed E-state index contributed by atoms with van der Waals surface area (Å²) in [5.41, 5.74) is 3.84. The molecule has 0 heterocycles. The third kappa shape index (κ3) is 6.91. The molecule has 0 bridgehead atoms. The number of anilines is 3. The Labute approximate surface area is 214 Å². The summed E-state index contributed by atoms with van der Waals surface area (Å²) in [5, 5.41) is 8.97. The number of hydrogen-bond donors (Lipinski definition) is 3. The molecule has 1 amide bonds. The third-order valence-corrected chi connectivity index (χ3v) is 6.58. The lowest BCUT2D eigenvalue weighted by molar-refractivity contribution is -0.115. The quantitative estimate of drug-likeness (QED) is 0.182. The Bertz CT molecular complexity index is 1310. The van der Waals surface area contributed by atoms with Crippen LogP contribution in [0.3, 0.4) is 0 Å². The average molecular weight is 502 g/mol. The van der Waals surface area contributed by atoms with E-state index in [0.717, 1.165) is 21.8 Å². The van der Waals surface area contributed by atoms with Crippen molar-refractivity contribution >= 4 is 52.1 Å². The Morgan fingerprint density at radius 1 is 0.800 bits per heavy atom. The fraction of sp³-hybridized carbons (Fsp3) is 0.0714. The van der Waals surface area contributed by atoms with Gasteiger partial charge in [-0.3, -0.25) is 4.79 Å². The van der Waals surface area contributed by atoms with E-state index in [1.165, 1.54) is 23.4 Å². The predicted octanol–water partition coefficient (Wildman–Crippen LogP) is 7.42. The summed E-state index contributed by atoms with van der Waals surface area (Å²) in [6.07, 6.45) is 0. The summed E-state index contributed by atoms with van der Waals surface area (Å²) >= 11 is 6.84. The van der Waals surface area contributed by atoms with Gasteiger partial charge < -0.3 is 16.0 Å². The fourth-order valence-corrected chi connectivity index (χ4v) is 4.69. The minimum absolute atomic E-state index is 0.155. The zero-order valence-corrected chi connectivity index (χ0v) is 20.6. The van der Waals surface area contributed by atoms with E-state index < -0.39 is 11.1 Å². The largest absolute Gasteiger partial charge is 0.332 e. The number of benzene rings is 4. The molecular weight excluding hydrogens is 477 g/mol. The fourth-order valence-electron chi connectivity index (χ4n) is 3.38. The first kappa shape index (κ1) is 24.4. The number of thioether (sulfide) groups is 1. The first-order valence-corrected chi connectivity index (χ1v) is 12.3. The molecule has 0 radical (unpaired) electrons. The van der Waals surface area contributed by atoms with E-state index in [1.54, 1.807) is 18.2 Å². The average Bonchev–Trinajstić information content (AvgIpc) is 2.86. The van der Waals surface area contributed by atoms with Crippen molar-refractivity contribution in [1.29, 1.82) is 0 Å². The highest BCUT2D eigenvalue weighted by molar-refractivity contribution is 8.00. The molecule has 4 aromatic rings. The second kappa shape index (κ2) is 11.6. The number of amides is 1. The topological polar surface area (TPSA) is 53.2 Å². The van der Waals surface area contributed by atoms with Gasteiger partial charge in [0, 0.05) is 16.3 Å². The number of carbonyl (C=O) groups excluding carboxylic acids is 1. The van der Waals surface area contributed by atoms with Crippen LogP contribution < -0.4 is 16.0 Å².